The summed E-state index contributed by atoms with van der Waals surface area (Å²) < 4.78 is 11.0. The Balaban J connectivity index is 2.03. The van der Waals surface area contributed by atoms with Gasteiger partial charge in [0.05, 0.1) is 13.2 Å². The lowest BCUT2D eigenvalue weighted by Gasteiger charge is -2.22. The molecule has 2 atom stereocenters. The van der Waals surface area contributed by atoms with Gasteiger partial charge in [-0.25, -0.2) is 0 Å². The van der Waals surface area contributed by atoms with Gasteiger partial charge >= 0.3 is 0 Å². The SMILES string of the molecule is CC[C@@H](Oc1ccccc1)C(=O)N[C@H](CC)c1ccc(OC)cc1. The van der Waals surface area contributed by atoms with Crippen molar-refractivity contribution in [1.82, 2.24) is 5.32 Å². The molecule has 1 N–H and O–H groups in total. The Morgan fingerprint density at radius 2 is 1.62 bits per heavy atom. The Hall–Kier alpha value is -2.49. The van der Waals surface area contributed by atoms with Crippen LogP contribution >= 0.6 is 0 Å². The Kier molecular flexibility index (Phi) is 6.67. The van der Waals surface area contributed by atoms with Crippen molar-refractivity contribution in [3.63, 3.8) is 0 Å². The summed E-state index contributed by atoms with van der Waals surface area (Å²) in [6, 6.07) is 17.1. The van der Waals surface area contributed by atoms with Crippen LogP contribution in [0.25, 0.3) is 0 Å². The third-order valence-electron chi connectivity index (χ3n) is 3.93. The number of hydrogen-bond donors (Lipinski definition) is 1. The van der Waals surface area contributed by atoms with Crippen LogP contribution in [0.15, 0.2) is 54.6 Å². The molecule has 2 aromatic carbocycles. The molecule has 0 fully saturated rings. The van der Waals surface area contributed by atoms with Gasteiger partial charge < -0.3 is 14.8 Å². The van der Waals surface area contributed by atoms with Gasteiger partial charge in [-0.2, -0.15) is 0 Å². The molecule has 24 heavy (non-hydrogen) atoms. The highest BCUT2D eigenvalue weighted by Crippen LogP contribution is 2.21. The van der Waals surface area contributed by atoms with Gasteiger partial charge in [0.15, 0.2) is 6.10 Å². The van der Waals surface area contributed by atoms with Gasteiger partial charge in [-0.15, -0.1) is 0 Å². The molecule has 2 rings (SSSR count). The molecule has 0 aromatic heterocycles. The van der Waals surface area contributed by atoms with Crippen LogP contribution in [0.5, 0.6) is 11.5 Å². The molecule has 0 aliphatic rings. The van der Waals surface area contributed by atoms with Crippen molar-refractivity contribution in [2.24, 2.45) is 0 Å². The van der Waals surface area contributed by atoms with Crippen molar-refractivity contribution < 1.29 is 14.3 Å². The van der Waals surface area contributed by atoms with E-state index in [1.807, 2.05) is 68.4 Å². The fourth-order valence-electron chi connectivity index (χ4n) is 2.51. The smallest absolute Gasteiger partial charge is 0.261 e. The summed E-state index contributed by atoms with van der Waals surface area (Å²) in [6.45, 7) is 4.00. The molecule has 2 aromatic rings. The highest BCUT2D eigenvalue weighted by molar-refractivity contribution is 5.81. The lowest BCUT2D eigenvalue weighted by atomic mass is 10.0. The minimum atomic E-state index is -0.500. The predicted molar refractivity (Wildman–Crippen MR) is 95.3 cm³/mol. The van der Waals surface area contributed by atoms with E-state index in [4.69, 9.17) is 9.47 Å². The van der Waals surface area contributed by atoms with Crippen molar-refractivity contribution in [3.8, 4) is 11.5 Å². The number of para-hydroxylation sites is 1. The third kappa shape index (κ3) is 4.75. The number of carbonyl (C=O) groups is 1. The number of rotatable bonds is 8. The van der Waals surface area contributed by atoms with E-state index in [0.29, 0.717) is 12.2 Å². The maximum Gasteiger partial charge on any atom is 0.261 e. The zero-order chi connectivity index (χ0) is 17.4. The number of amides is 1. The third-order valence-corrected chi connectivity index (χ3v) is 3.93. The summed E-state index contributed by atoms with van der Waals surface area (Å²) in [4.78, 5) is 12.6. The van der Waals surface area contributed by atoms with E-state index in [2.05, 4.69) is 5.32 Å². The lowest BCUT2D eigenvalue weighted by molar-refractivity contribution is -0.128. The van der Waals surface area contributed by atoms with Crippen LogP contribution in [0, 0.1) is 0 Å². The summed E-state index contributed by atoms with van der Waals surface area (Å²) in [7, 11) is 1.64. The summed E-state index contributed by atoms with van der Waals surface area (Å²) in [5.74, 6) is 1.42. The van der Waals surface area contributed by atoms with Crippen LogP contribution < -0.4 is 14.8 Å². The minimum Gasteiger partial charge on any atom is -0.497 e. The largest absolute Gasteiger partial charge is 0.497 e. The molecule has 0 spiro atoms. The van der Waals surface area contributed by atoms with Gasteiger partial charge in [0.2, 0.25) is 0 Å². The predicted octanol–water partition coefficient (Wildman–Crippen LogP) is 4.12. The molecule has 128 valence electrons. The number of carbonyl (C=O) groups excluding carboxylic acids is 1. The quantitative estimate of drug-likeness (QED) is 0.793. The van der Waals surface area contributed by atoms with Crippen LogP contribution in [-0.2, 0) is 4.79 Å². The molecule has 0 aliphatic carbocycles. The Morgan fingerprint density at radius 3 is 2.17 bits per heavy atom. The maximum absolute atomic E-state index is 12.6. The average Bonchev–Trinajstić information content (AvgIpc) is 2.65. The lowest BCUT2D eigenvalue weighted by Crippen LogP contribution is -2.39. The first-order chi connectivity index (χ1) is 11.7. The number of benzene rings is 2. The second-order valence-electron chi connectivity index (χ2n) is 5.57. The Labute approximate surface area is 143 Å². The first-order valence-corrected chi connectivity index (χ1v) is 8.34. The van der Waals surface area contributed by atoms with E-state index in [0.717, 1.165) is 17.7 Å². The number of methoxy groups -OCH3 is 1. The van der Waals surface area contributed by atoms with E-state index >= 15 is 0 Å². The highest BCUT2D eigenvalue weighted by Gasteiger charge is 2.21. The van der Waals surface area contributed by atoms with Crippen molar-refractivity contribution in [1.29, 1.82) is 0 Å². The zero-order valence-corrected chi connectivity index (χ0v) is 14.5. The first kappa shape index (κ1) is 17.9. The molecular weight excluding hydrogens is 302 g/mol. The molecule has 0 heterocycles. The summed E-state index contributed by atoms with van der Waals surface area (Å²) >= 11 is 0. The van der Waals surface area contributed by atoms with Gasteiger partial charge in [-0.3, -0.25) is 4.79 Å². The Morgan fingerprint density at radius 1 is 0.958 bits per heavy atom. The van der Waals surface area contributed by atoms with Crippen molar-refractivity contribution in [2.75, 3.05) is 7.11 Å². The van der Waals surface area contributed by atoms with Crippen LogP contribution in [0.2, 0.25) is 0 Å². The highest BCUT2D eigenvalue weighted by atomic mass is 16.5. The van der Waals surface area contributed by atoms with Gasteiger partial charge in [-0.05, 0) is 42.7 Å². The van der Waals surface area contributed by atoms with E-state index in [9.17, 15) is 4.79 Å². The van der Waals surface area contributed by atoms with Gasteiger partial charge in [0, 0.05) is 0 Å². The van der Waals surface area contributed by atoms with Crippen LogP contribution in [-0.4, -0.2) is 19.1 Å². The molecule has 0 bridgehead atoms. The topological polar surface area (TPSA) is 47.6 Å². The van der Waals surface area contributed by atoms with E-state index in [-0.39, 0.29) is 11.9 Å². The standard InChI is InChI=1S/C20H25NO3/c1-4-18(15-11-13-16(23-3)14-12-15)21-20(22)19(5-2)24-17-9-7-6-8-10-17/h6-14,18-19H,4-5H2,1-3H3,(H,21,22)/t18-,19-/m1/s1. The first-order valence-electron chi connectivity index (χ1n) is 8.34. The summed E-state index contributed by atoms with van der Waals surface area (Å²) in [5, 5.41) is 3.09. The number of hydrogen-bond acceptors (Lipinski definition) is 3. The number of ether oxygens (including phenoxy) is 2. The molecule has 4 nitrogen and oxygen atoms in total. The monoisotopic (exact) mass is 327 g/mol. The zero-order valence-electron chi connectivity index (χ0n) is 14.5. The summed E-state index contributed by atoms with van der Waals surface area (Å²) in [6.07, 6.45) is 0.916. The molecule has 0 unspecified atom stereocenters. The van der Waals surface area contributed by atoms with Crippen LogP contribution in [0.1, 0.15) is 38.3 Å². The average molecular weight is 327 g/mol. The molecule has 1 amide bonds. The second kappa shape index (κ2) is 8.96. The van der Waals surface area contributed by atoms with Gasteiger partial charge in [0.1, 0.15) is 11.5 Å². The van der Waals surface area contributed by atoms with Crippen LogP contribution in [0.4, 0.5) is 0 Å². The van der Waals surface area contributed by atoms with Gasteiger partial charge in [0.25, 0.3) is 5.91 Å². The van der Waals surface area contributed by atoms with E-state index in [1.165, 1.54) is 0 Å². The minimum absolute atomic E-state index is 0.0446. The maximum atomic E-state index is 12.6. The van der Waals surface area contributed by atoms with Crippen molar-refractivity contribution in [2.45, 2.75) is 38.8 Å². The summed E-state index contributed by atoms with van der Waals surface area (Å²) in [5.41, 5.74) is 1.06. The second-order valence-corrected chi connectivity index (χ2v) is 5.57. The molecule has 0 saturated carbocycles. The molecular formula is C20H25NO3. The van der Waals surface area contributed by atoms with Crippen molar-refractivity contribution in [3.05, 3.63) is 60.2 Å². The molecule has 0 aliphatic heterocycles. The van der Waals surface area contributed by atoms with Gasteiger partial charge in [-0.1, -0.05) is 44.2 Å². The van der Waals surface area contributed by atoms with Crippen LogP contribution in [0.3, 0.4) is 0 Å². The van der Waals surface area contributed by atoms with E-state index in [1.54, 1.807) is 7.11 Å². The van der Waals surface area contributed by atoms with E-state index < -0.39 is 6.10 Å². The number of nitrogens with one attached hydrogen (secondary N) is 1. The fraction of sp³-hybridized carbons (Fsp3) is 0.350. The molecule has 0 saturated heterocycles. The van der Waals surface area contributed by atoms with Crippen molar-refractivity contribution >= 4 is 5.91 Å². The molecule has 0 radical (unpaired) electrons. The molecule has 4 heteroatoms. The fourth-order valence-corrected chi connectivity index (χ4v) is 2.51. The Bertz CT molecular complexity index is 625. The normalized spacial score (nSPS) is 13.0.